The van der Waals surface area contributed by atoms with Crippen molar-refractivity contribution in [2.75, 3.05) is 27.3 Å². The Kier molecular flexibility index (Phi) is 6.59. The van der Waals surface area contributed by atoms with Crippen molar-refractivity contribution in [1.82, 2.24) is 14.8 Å². The number of ether oxygens (including phenoxy) is 2. The number of para-hydroxylation sites is 1. The van der Waals surface area contributed by atoms with Crippen LogP contribution in [0.2, 0.25) is 0 Å². The topological polar surface area (TPSA) is 72.8 Å². The quantitative estimate of drug-likeness (QED) is 0.774. The maximum absolute atomic E-state index is 13.4. The lowest BCUT2D eigenvalue weighted by molar-refractivity contribution is -0.124. The molecule has 29 heavy (non-hydrogen) atoms. The summed E-state index contributed by atoms with van der Waals surface area (Å²) in [6.45, 7) is 5.52. The highest BCUT2D eigenvalue weighted by atomic mass is 16.5. The van der Waals surface area contributed by atoms with Crippen molar-refractivity contribution < 1.29 is 19.1 Å². The van der Waals surface area contributed by atoms with Gasteiger partial charge in [0.25, 0.3) is 5.91 Å². The molecule has 2 amide bonds. The second-order valence-corrected chi connectivity index (χ2v) is 7.31. The third kappa shape index (κ3) is 4.45. The van der Waals surface area contributed by atoms with Crippen LogP contribution in [0.15, 0.2) is 36.4 Å². The fraction of sp³-hybridized carbons (Fsp3) is 0.455. The molecule has 0 spiro atoms. The Labute approximate surface area is 171 Å². The summed E-state index contributed by atoms with van der Waals surface area (Å²) in [5.41, 5.74) is 2.50. The van der Waals surface area contributed by atoms with E-state index in [1.165, 1.54) is 0 Å². The highest BCUT2D eigenvalue weighted by Gasteiger charge is 2.41. The molecule has 0 saturated carbocycles. The first-order valence-electron chi connectivity index (χ1n) is 9.86. The first-order chi connectivity index (χ1) is 14.0. The lowest BCUT2D eigenvalue weighted by atomic mass is 10.1. The van der Waals surface area contributed by atoms with Gasteiger partial charge >= 0.3 is 0 Å². The number of aryl methyl sites for hydroxylation is 1. The van der Waals surface area contributed by atoms with E-state index in [0.29, 0.717) is 31.7 Å². The molecular formula is C22H29N3O4. The summed E-state index contributed by atoms with van der Waals surface area (Å²) in [5.74, 6) is 0.417. The Morgan fingerprint density at radius 3 is 2.59 bits per heavy atom. The van der Waals surface area contributed by atoms with Crippen LogP contribution in [0, 0.1) is 13.8 Å². The van der Waals surface area contributed by atoms with Crippen LogP contribution >= 0.6 is 0 Å². The zero-order chi connectivity index (χ0) is 21.0. The van der Waals surface area contributed by atoms with Gasteiger partial charge in [-0.25, -0.2) is 0 Å². The van der Waals surface area contributed by atoms with Gasteiger partial charge in [-0.2, -0.15) is 0 Å². The first kappa shape index (κ1) is 20.9. The monoisotopic (exact) mass is 399 g/mol. The smallest absolute Gasteiger partial charge is 0.256 e. The summed E-state index contributed by atoms with van der Waals surface area (Å²) >= 11 is 0. The van der Waals surface area contributed by atoms with Crippen LogP contribution in [0.1, 0.15) is 28.2 Å². The van der Waals surface area contributed by atoms with E-state index >= 15 is 0 Å². The van der Waals surface area contributed by atoms with Gasteiger partial charge in [0.05, 0.1) is 18.7 Å². The van der Waals surface area contributed by atoms with Crippen molar-refractivity contribution in [2.24, 2.45) is 0 Å². The number of carbonyl (C=O) groups is 2. The molecular weight excluding hydrogens is 370 g/mol. The average Bonchev–Trinajstić information content (AvgIpc) is 3.27. The van der Waals surface area contributed by atoms with Crippen molar-refractivity contribution >= 4 is 11.8 Å². The molecule has 0 bridgehead atoms. The number of carbonyl (C=O) groups excluding carboxylic acids is 2. The summed E-state index contributed by atoms with van der Waals surface area (Å²) in [5, 5.41) is 2.68. The predicted molar refractivity (Wildman–Crippen MR) is 110 cm³/mol. The van der Waals surface area contributed by atoms with Crippen molar-refractivity contribution in [3.8, 4) is 5.75 Å². The van der Waals surface area contributed by atoms with Crippen molar-refractivity contribution in [3.05, 3.63) is 53.3 Å². The van der Waals surface area contributed by atoms with E-state index in [1.54, 1.807) is 19.1 Å². The van der Waals surface area contributed by atoms with Gasteiger partial charge in [-0.15, -0.1) is 0 Å². The van der Waals surface area contributed by atoms with Crippen LogP contribution in [0.25, 0.3) is 0 Å². The third-order valence-corrected chi connectivity index (χ3v) is 5.44. The van der Waals surface area contributed by atoms with Crippen LogP contribution < -0.4 is 10.1 Å². The maximum Gasteiger partial charge on any atom is 0.256 e. The standard InChI is InChI=1S/C22H29N3O4/c1-15-12-19(16(2)24(15)10-11-28-4)22(27)25-14-18(13-20(25)21(26)23-3)29-17-8-6-5-7-9-17/h5-9,12,18,20H,10-11,13-14H2,1-4H3,(H,23,26)/t18-,20-/m0/s1. The molecule has 0 unspecified atom stereocenters. The van der Waals surface area contributed by atoms with Crippen LogP contribution in [-0.4, -0.2) is 60.7 Å². The Bertz CT molecular complexity index is 862. The Hall–Kier alpha value is -2.80. The molecule has 2 heterocycles. The lowest BCUT2D eigenvalue weighted by Crippen LogP contribution is -2.45. The Morgan fingerprint density at radius 2 is 1.93 bits per heavy atom. The van der Waals surface area contributed by atoms with Crippen LogP contribution in [-0.2, 0) is 16.1 Å². The van der Waals surface area contributed by atoms with Gasteiger partial charge in [0.2, 0.25) is 5.91 Å². The van der Waals surface area contributed by atoms with Gasteiger partial charge in [-0.05, 0) is 32.0 Å². The zero-order valence-corrected chi connectivity index (χ0v) is 17.5. The molecule has 1 fully saturated rings. The minimum Gasteiger partial charge on any atom is -0.488 e. The molecule has 2 atom stereocenters. The van der Waals surface area contributed by atoms with E-state index in [-0.39, 0.29) is 17.9 Å². The number of likely N-dealkylation sites (tertiary alicyclic amines) is 1. The molecule has 1 saturated heterocycles. The average molecular weight is 399 g/mol. The van der Waals surface area contributed by atoms with Gasteiger partial charge < -0.3 is 24.3 Å². The van der Waals surface area contributed by atoms with Gasteiger partial charge in [0.15, 0.2) is 0 Å². The number of amides is 2. The van der Waals surface area contributed by atoms with Crippen LogP contribution in [0.3, 0.4) is 0 Å². The molecule has 1 aromatic heterocycles. The van der Waals surface area contributed by atoms with Gasteiger partial charge in [0.1, 0.15) is 17.9 Å². The molecule has 3 rings (SSSR count). The van der Waals surface area contributed by atoms with Crippen molar-refractivity contribution in [2.45, 2.75) is 39.0 Å². The molecule has 0 radical (unpaired) electrons. The lowest BCUT2D eigenvalue weighted by Gasteiger charge is -2.23. The van der Waals surface area contributed by atoms with Crippen molar-refractivity contribution in [3.63, 3.8) is 0 Å². The number of methoxy groups -OCH3 is 1. The van der Waals surface area contributed by atoms with Crippen molar-refractivity contribution in [1.29, 1.82) is 0 Å². The van der Waals surface area contributed by atoms with E-state index < -0.39 is 6.04 Å². The number of rotatable bonds is 7. The summed E-state index contributed by atoms with van der Waals surface area (Å²) in [6.07, 6.45) is 0.226. The molecule has 1 aliphatic rings. The number of likely N-dealkylation sites (N-methyl/N-ethyl adjacent to an activating group) is 1. The Morgan fingerprint density at radius 1 is 1.21 bits per heavy atom. The van der Waals surface area contributed by atoms with Crippen LogP contribution in [0.5, 0.6) is 5.75 Å². The molecule has 7 nitrogen and oxygen atoms in total. The number of hydrogen-bond acceptors (Lipinski definition) is 4. The minimum absolute atomic E-state index is 0.144. The molecule has 1 N–H and O–H groups in total. The Balaban J connectivity index is 1.82. The summed E-state index contributed by atoms with van der Waals surface area (Å²) < 4.78 is 13.3. The van der Waals surface area contributed by atoms with E-state index in [2.05, 4.69) is 9.88 Å². The maximum atomic E-state index is 13.4. The number of nitrogens with one attached hydrogen (secondary N) is 1. The normalized spacial score (nSPS) is 18.7. The molecule has 1 aromatic carbocycles. The summed E-state index contributed by atoms with van der Waals surface area (Å²) in [6, 6.07) is 10.8. The van der Waals surface area contributed by atoms with Gasteiger partial charge in [-0.1, -0.05) is 18.2 Å². The number of benzene rings is 1. The first-order valence-corrected chi connectivity index (χ1v) is 9.86. The van der Waals surface area contributed by atoms with Crippen LogP contribution in [0.4, 0.5) is 0 Å². The number of nitrogens with zero attached hydrogens (tertiary/aromatic N) is 2. The number of aromatic nitrogens is 1. The second kappa shape index (κ2) is 9.13. The van der Waals surface area contributed by atoms with Gasteiger partial charge in [-0.3, -0.25) is 9.59 Å². The van der Waals surface area contributed by atoms with E-state index in [0.717, 1.165) is 17.1 Å². The van der Waals surface area contributed by atoms with E-state index in [1.807, 2.05) is 50.2 Å². The van der Waals surface area contributed by atoms with E-state index in [9.17, 15) is 9.59 Å². The summed E-state index contributed by atoms with van der Waals surface area (Å²) in [4.78, 5) is 27.5. The van der Waals surface area contributed by atoms with E-state index in [4.69, 9.17) is 9.47 Å². The van der Waals surface area contributed by atoms with Gasteiger partial charge in [0, 0.05) is 38.5 Å². The minimum atomic E-state index is -0.553. The molecule has 0 aliphatic carbocycles. The molecule has 156 valence electrons. The third-order valence-electron chi connectivity index (χ3n) is 5.44. The fourth-order valence-corrected chi connectivity index (χ4v) is 3.91. The summed E-state index contributed by atoms with van der Waals surface area (Å²) in [7, 11) is 3.25. The molecule has 7 heteroatoms. The molecule has 2 aromatic rings. The highest BCUT2D eigenvalue weighted by Crippen LogP contribution is 2.27. The SMILES string of the molecule is CNC(=O)[C@@H]1C[C@H](Oc2ccccc2)CN1C(=O)c1cc(C)n(CCOC)c1C. The predicted octanol–water partition coefficient (Wildman–Crippen LogP) is 2.16. The fourth-order valence-electron chi connectivity index (χ4n) is 3.91. The second-order valence-electron chi connectivity index (χ2n) is 7.31. The molecule has 1 aliphatic heterocycles. The largest absolute Gasteiger partial charge is 0.488 e. The zero-order valence-electron chi connectivity index (χ0n) is 17.5. The number of hydrogen-bond donors (Lipinski definition) is 1. The highest BCUT2D eigenvalue weighted by molar-refractivity contribution is 5.99.